The van der Waals surface area contributed by atoms with Crippen LogP contribution in [-0.2, 0) is 12.7 Å². The Kier molecular flexibility index (Phi) is 4.77. The second-order valence-corrected chi connectivity index (χ2v) is 7.20. The van der Waals surface area contributed by atoms with Crippen LogP contribution in [0.25, 0.3) is 22.3 Å². The molecule has 29 heavy (non-hydrogen) atoms. The number of imidazole rings is 1. The molecule has 0 aliphatic carbocycles. The molecule has 0 unspecified atom stereocenters. The highest BCUT2D eigenvalue weighted by molar-refractivity contribution is 6.28. The molecule has 10 heteroatoms. The predicted molar refractivity (Wildman–Crippen MR) is 102 cm³/mol. The van der Waals surface area contributed by atoms with Crippen LogP contribution in [0.5, 0.6) is 0 Å². The van der Waals surface area contributed by atoms with E-state index in [1.54, 1.807) is 43.1 Å². The Hall–Kier alpha value is -2.94. The summed E-state index contributed by atoms with van der Waals surface area (Å²) in [6.07, 6.45) is 0.174. The summed E-state index contributed by atoms with van der Waals surface area (Å²) in [4.78, 5) is 11.9. The van der Waals surface area contributed by atoms with Gasteiger partial charge in [0.15, 0.2) is 5.65 Å². The molecular weight excluding hydrogens is 405 g/mol. The van der Waals surface area contributed by atoms with Crippen LogP contribution in [-0.4, -0.2) is 29.3 Å². The van der Waals surface area contributed by atoms with Crippen molar-refractivity contribution in [3.8, 4) is 11.3 Å². The van der Waals surface area contributed by atoms with Gasteiger partial charge in [0, 0.05) is 24.0 Å². The Morgan fingerprint density at radius 2 is 1.79 bits per heavy atom. The van der Waals surface area contributed by atoms with Gasteiger partial charge in [-0.3, -0.25) is 0 Å². The van der Waals surface area contributed by atoms with Crippen LogP contribution < -0.4 is 0 Å². The fourth-order valence-electron chi connectivity index (χ4n) is 3.05. The summed E-state index contributed by atoms with van der Waals surface area (Å²) < 4.78 is 42.6. The maximum atomic E-state index is 13.3. The molecule has 0 saturated heterocycles. The van der Waals surface area contributed by atoms with E-state index in [1.165, 1.54) is 6.20 Å². The van der Waals surface area contributed by atoms with Crippen molar-refractivity contribution in [2.24, 2.45) is 0 Å². The van der Waals surface area contributed by atoms with Crippen molar-refractivity contribution in [2.75, 3.05) is 0 Å². The molecule has 1 aromatic carbocycles. The third kappa shape index (κ3) is 3.82. The molecule has 0 amide bonds. The molecule has 0 saturated carbocycles. The molecule has 0 aliphatic heterocycles. The van der Waals surface area contributed by atoms with Gasteiger partial charge in [0.05, 0.1) is 23.8 Å². The van der Waals surface area contributed by atoms with E-state index < -0.39 is 12.0 Å². The van der Waals surface area contributed by atoms with Gasteiger partial charge in [-0.25, -0.2) is 14.6 Å². The van der Waals surface area contributed by atoms with Gasteiger partial charge in [0.25, 0.3) is 0 Å². The van der Waals surface area contributed by atoms with Crippen LogP contribution in [0.15, 0.2) is 42.9 Å². The van der Waals surface area contributed by atoms with Gasteiger partial charge >= 0.3 is 6.18 Å². The van der Waals surface area contributed by atoms with Gasteiger partial charge in [0.1, 0.15) is 0 Å². The van der Waals surface area contributed by atoms with Gasteiger partial charge in [-0.15, -0.1) is 0 Å². The molecule has 0 N–H and O–H groups in total. The summed E-state index contributed by atoms with van der Waals surface area (Å²) in [5.41, 5.74) is 2.41. The lowest BCUT2D eigenvalue weighted by atomic mass is 10.1. The van der Waals surface area contributed by atoms with Crippen molar-refractivity contribution in [3.05, 3.63) is 59.5 Å². The molecule has 6 nitrogen and oxygen atoms in total. The average Bonchev–Trinajstić information content (AvgIpc) is 3.27. The molecule has 150 valence electrons. The maximum absolute atomic E-state index is 13.3. The Balaban J connectivity index is 1.62. The number of hydrogen-bond donors (Lipinski definition) is 0. The highest BCUT2D eigenvalue weighted by Crippen LogP contribution is 2.33. The van der Waals surface area contributed by atoms with Gasteiger partial charge in [0.2, 0.25) is 11.1 Å². The standard InChI is InChI=1S/C19H16ClF3N6/c1-11(2)28-10-15(26-17(28)19(21,22)23)13-5-3-12(4-6-13)9-29-16-14(8-25-29)7-24-18(20)27-16/h3-8,10-11H,9H2,1-2H3. The smallest absolute Gasteiger partial charge is 0.324 e. The number of fused-ring (bicyclic) bond motifs is 1. The maximum Gasteiger partial charge on any atom is 0.449 e. The fraction of sp³-hybridized carbons (Fsp3) is 0.263. The summed E-state index contributed by atoms with van der Waals surface area (Å²) in [6, 6.07) is 6.79. The van der Waals surface area contributed by atoms with Crippen LogP contribution in [0.3, 0.4) is 0 Å². The molecule has 0 radical (unpaired) electrons. The van der Waals surface area contributed by atoms with E-state index in [1.807, 2.05) is 12.1 Å². The fourth-order valence-corrected chi connectivity index (χ4v) is 3.18. The first-order chi connectivity index (χ1) is 13.7. The topological polar surface area (TPSA) is 61.4 Å². The zero-order chi connectivity index (χ0) is 20.8. The number of benzene rings is 1. The van der Waals surface area contributed by atoms with Crippen molar-refractivity contribution in [2.45, 2.75) is 32.6 Å². The lowest BCUT2D eigenvalue weighted by Gasteiger charge is -2.12. The van der Waals surface area contributed by atoms with Crippen LogP contribution in [0, 0.1) is 0 Å². The lowest BCUT2D eigenvalue weighted by Crippen LogP contribution is -2.15. The third-order valence-corrected chi connectivity index (χ3v) is 4.65. The van der Waals surface area contributed by atoms with Crippen molar-refractivity contribution in [3.63, 3.8) is 0 Å². The molecule has 4 aromatic rings. The van der Waals surface area contributed by atoms with E-state index in [0.29, 0.717) is 17.8 Å². The first kappa shape index (κ1) is 19.4. The summed E-state index contributed by atoms with van der Waals surface area (Å²) in [5, 5.41) is 5.19. The third-order valence-electron chi connectivity index (χ3n) is 4.47. The van der Waals surface area contributed by atoms with Gasteiger partial charge < -0.3 is 4.57 Å². The largest absolute Gasteiger partial charge is 0.449 e. The minimum Gasteiger partial charge on any atom is -0.324 e. The Bertz CT molecular complexity index is 1160. The summed E-state index contributed by atoms with van der Waals surface area (Å²) in [6.45, 7) is 3.81. The second kappa shape index (κ2) is 7.14. The van der Waals surface area contributed by atoms with Gasteiger partial charge in [-0.05, 0) is 31.0 Å². The van der Waals surface area contributed by atoms with Crippen LogP contribution in [0.4, 0.5) is 13.2 Å². The van der Waals surface area contributed by atoms with Gasteiger partial charge in [-0.1, -0.05) is 24.3 Å². The summed E-state index contributed by atoms with van der Waals surface area (Å²) >= 11 is 5.86. The van der Waals surface area contributed by atoms with Crippen LogP contribution in [0.1, 0.15) is 31.3 Å². The number of halogens is 4. The van der Waals surface area contributed by atoms with Crippen molar-refractivity contribution >= 4 is 22.6 Å². The van der Waals surface area contributed by atoms with E-state index in [2.05, 4.69) is 20.1 Å². The molecule has 3 aromatic heterocycles. The quantitative estimate of drug-likeness (QED) is 0.436. The van der Waals surface area contributed by atoms with Crippen molar-refractivity contribution in [1.82, 2.24) is 29.3 Å². The molecule has 0 atom stereocenters. The zero-order valence-electron chi connectivity index (χ0n) is 15.5. The minimum absolute atomic E-state index is 0.135. The van der Waals surface area contributed by atoms with E-state index in [0.717, 1.165) is 15.5 Å². The number of aromatic nitrogens is 6. The van der Waals surface area contributed by atoms with Gasteiger partial charge in [-0.2, -0.15) is 23.3 Å². The molecule has 0 aliphatic rings. The Labute approximate surface area is 169 Å². The second-order valence-electron chi connectivity index (χ2n) is 6.87. The average molecular weight is 421 g/mol. The first-order valence-corrected chi connectivity index (χ1v) is 9.19. The van der Waals surface area contributed by atoms with E-state index in [-0.39, 0.29) is 17.0 Å². The Morgan fingerprint density at radius 1 is 1.07 bits per heavy atom. The first-order valence-electron chi connectivity index (χ1n) is 8.82. The minimum atomic E-state index is -4.51. The number of nitrogens with zero attached hydrogens (tertiary/aromatic N) is 6. The molecule has 0 spiro atoms. The van der Waals surface area contributed by atoms with E-state index in [4.69, 9.17) is 11.6 Å². The number of alkyl halides is 3. The Morgan fingerprint density at radius 3 is 2.41 bits per heavy atom. The summed E-state index contributed by atoms with van der Waals surface area (Å²) in [7, 11) is 0. The zero-order valence-corrected chi connectivity index (χ0v) is 16.3. The molecular formula is C19H16ClF3N6. The number of hydrogen-bond acceptors (Lipinski definition) is 4. The normalized spacial score (nSPS) is 12.2. The molecule has 0 bridgehead atoms. The number of rotatable bonds is 4. The highest BCUT2D eigenvalue weighted by atomic mass is 35.5. The molecule has 4 rings (SSSR count). The molecule has 0 fully saturated rings. The van der Waals surface area contributed by atoms with Crippen LogP contribution in [0.2, 0.25) is 5.28 Å². The lowest BCUT2D eigenvalue weighted by molar-refractivity contribution is -0.147. The highest BCUT2D eigenvalue weighted by Gasteiger charge is 2.37. The monoisotopic (exact) mass is 420 g/mol. The van der Waals surface area contributed by atoms with Crippen molar-refractivity contribution < 1.29 is 13.2 Å². The predicted octanol–water partition coefficient (Wildman–Crippen LogP) is 4.99. The van der Waals surface area contributed by atoms with E-state index >= 15 is 0 Å². The van der Waals surface area contributed by atoms with Crippen molar-refractivity contribution in [1.29, 1.82) is 0 Å². The SMILES string of the molecule is CC(C)n1cc(-c2ccc(Cn3ncc4cnc(Cl)nc43)cc2)nc1C(F)(F)F. The van der Waals surface area contributed by atoms with Crippen LogP contribution >= 0.6 is 11.6 Å². The van der Waals surface area contributed by atoms with E-state index in [9.17, 15) is 13.2 Å². The summed E-state index contributed by atoms with van der Waals surface area (Å²) in [5.74, 6) is -0.897. The molecule has 3 heterocycles.